The molecule has 2 rings (SSSR count). The zero-order chi connectivity index (χ0) is 15.1. The minimum Gasteiger partial charge on any atom is -0.368 e. The van der Waals surface area contributed by atoms with Gasteiger partial charge in [0.05, 0.1) is 5.69 Å². The van der Waals surface area contributed by atoms with Crippen LogP contribution >= 0.6 is 0 Å². The van der Waals surface area contributed by atoms with Crippen molar-refractivity contribution < 1.29 is 4.39 Å². The van der Waals surface area contributed by atoms with Crippen LogP contribution in [0.15, 0.2) is 48.5 Å². The fraction of sp³-hybridized carbons (Fsp3) is 0.333. The van der Waals surface area contributed by atoms with Crippen molar-refractivity contribution in [2.24, 2.45) is 0 Å². The molecule has 0 saturated carbocycles. The largest absolute Gasteiger partial charge is 0.368 e. The molecule has 112 valence electrons. The first-order valence-electron chi connectivity index (χ1n) is 7.45. The van der Waals surface area contributed by atoms with Crippen LogP contribution in [0.2, 0.25) is 0 Å². The quantitative estimate of drug-likeness (QED) is 0.782. The first-order chi connectivity index (χ1) is 10.2. The number of anilines is 1. The zero-order valence-electron chi connectivity index (χ0n) is 12.8. The normalized spacial score (nSPS) is 10.6. The van der Waals surface area contributed by atoms with Crippen molar-refractivity contribution in [3.8, 4) is 0 Å². The lowest BCUT2D eigenvalue weighted by Crippen LogP contribution is -2.20. The Morgan fingerprint density at radius 2 is 1.67 bits per heavy atom. The third-order valence-electron chi connectivity index (χ3n) is 3.61. The molecular weight excluding hydrogens is 263 g/mol. The average Bonchev–Trinajstić information content (AvgIpc) is 2.49. The lowest BCUT2D eigenvalue weighted by molar-refractivity contribution is 0.622. The summed E-state index contributed by atoms with van der Waals surface area (Å²) in [4.78, 5) is 1.96. The Morgan fingerprint density at radius 1 is 1.00 bits per heavy atom. The van der Waals surface area contributed by atoms with Gasteiger partial charge in [0.15, 0.2) is 0 Å². The van der Waals surface area contributed by atoms with Gasteiger partial charge in [-0.1, -0.05) is 43.3 Å². The fourth-order valence-corrected chi connectivity index (χ4v) is 2.46. The van der Waals surface area contributed by atoms with Crippen LogP contribution in [0, 0.1) is 5.82 Å². The first-order valence-corrected chi connectivity index (χ1v) is 7.45. The second kappa shape index (κ2) is 7.79. The smallest absolute Gasteiger partial charge is 0.146 e. The maximum absolute atomic E-state index is 13.8. The molecule has 0 aromatic heterocycles. The number of rotatable bonds is 7. The molecule has 0 spiro atoms. The second-order valence-corrected chi connectivity index (χ2v) is 5.18. The van der Waals surface area contributed by atoms with E-state index in [1.165, 1.54) is 17.2 Å². The lowest BCUT2D eigenvalue weighted by Gasteiger charge is -2.21. The van der Waals surface area contributed by atoms with E-state index >= 15 is 0 Å². The van der Waals surface area contributed by atoms with Crippen LogP contribution in [0.5, 0.6) is 0 Å². The monoisotopic (exact) mass is 286 g/mol. The number of benzene rings is 2. The van der Waals surface area contributed by atoms with Gasteiger partial charge in [-0.15, -0.1) is 0 Å². The molecule has 1 N–H and O–H groups in total. The number of hydrogen-bond donors (Lipinski definition) is 1. The van der Waals surface area contributed by atoms with Crippen molar-refractivity contribution in [2.45, 2.75) is 19.9 Å². The van der Waals surface area contributed by atoms with Crippen LogP contribution in [0.4, 0.5) is 10.1 Å². The fourth-order valence-electron chi connectivity index (χ4n) is 2.46. The Bertz CT molecular complexity index is 569. The Kier molecular flexibility index (Phi) is 5.76. The van der Waals surface area contributed by atoms with E-state index in [0.717, 1.165) is 19.5 Å². The van der Waals surface area contributed by atoms with Crippen LogP contribution in [0.3, 0.4) is 0 Å². The molecule has 0 aliphatic rings. The van der Waals surface area contributed by atoms with Crippen molar-refractivity contribution >= 4 is 5.69 Å². The average molecular weight is 286 g/mol. The Labute approximate surface area is 126 Å². The summed E-state index contributed by atoms with van der Waals surface area (Å²) in [5.41, 5.74) is 3.21. The van der Waals surface area contributed by atoms with E-state index in [4.69, 9.17) is 0 Å². The number of nitrogens with one attached hydrogen (secondary N) is 1. The molecule has 21 heavy (non-hydrogen) atoms. The number of hydrogen-bond acceptors (Lipinski definition) is 2. The van der Waals surface area contributed by atoms with Crippen molar-refractivity contribution in [3.63, 3.8) is 0 Å². The molecule has 0 aliphatic carbocycles. The summed E-state index contributed by atoms with van der Waals surface area (Å²) in [5.74, 6) is -0.176. The molecular formula is C18H23FN2. The van der Waals surface area contributed by atoms with E-state index in [9.17, 15) is 4.39 Å². The van der Waals surface area contributed by atoms with Gasteiger partial charge in [-0.25, -0.2) is 4.39 Å². The van der Waals surface area contributed by atoms with Crippen LogP contribution in [0.25, 0.3) is 0 Å². The standard InChI is InChI=1S/C18H23FN2/c1-3-20-13-12-15-8-4-5-9-16(15)14-21(2)18-11-7-6-10-17(18)19/h4-11,20H,3,12-14H2,1-2H3. The summed E-state index contributed by atoms with van der Waals surface area (Å²) >= 11 is 0. The highest BCUT2D eigenvalue weighted by Crippen LogP contribution is 2.20. The van der Waals surface area contributed by atoms with Gasteiger partial charge in [0.2, 0.25) is 0 Å². The van der Waals surface area contributed by atoms with Crippen LogP contribution < -0.4 is 10.2 Å². The van der Waals surface area contributed by atoms with E-state index in [1.54, 1.807) is 6.07 Å². The number of nitrogens with zero attached hydrogens (tertiary/aromatic N) is 1. The van der Waals surface area contributed by atoms with Gasteiger partial charge in [-0.3, -0.25) is 0 Å². The first kappa shape index (κ1) is 15.5. The van der Waals surface area contributed by atoms with Crippen molar-refractivity contribution in [1.29, 1.82) is 0 Å². The highest BCUT2D eigenvalue weighted by molar-refractivity contribution is 5.48. The van der Waals surface area contributed by atoms with E-state index in [-0.39, 0.29) is 5.82 Å². The molecule has 0 bridgehead atoms. The van der Waals surface area contributed by atoms with Gasteiger partial charge >= 0.3 is 0 Å². The zero-order valence-corrected chi connectivity index (χ0v) is 12.8. The van der Waals surface area contributed by atoms with E-state index in [0.29, 0.717) is 12.2 Å². The Morgan fingerprint density at radius 3 is 2.38 bits per heavy atom. The topological polar surface area (TPSA) is 15.3 Å². The highest BCUT2D eigenvalue weighted by atomic mass is 19.1. The van der Waals surface area contributed by atoms with Gasteiger partial charge in [0.1, 0.15) is 5.82 Å². The van der Waals surface area contributed by atoms with Crippen molar-refractivity contribution in [2.75, 3.05) is 25.0 Å². The predicted octanol–water partition coefficient (Wildman–Crippen LogP) is 3.61. The highest BCUT2D eigenvalue weighted by Gasteiger charge is 2.09. The van der Waals surface area contributed by atoms with Crippen molar-refractivity contribution in [3.05, 3.63) is 65.5 Å². The number of halogens is 1. The second-order valence-electron chi connectivity index (χ2n) is 5.18. The number of likely N-dealkylation sites (N-methyl/N-ethyl adjacent to an activating group) is 1. The molecule has 0 amide bonds. The van der Waals surface area contributed by atoms with Gasteiger partial charge in [-0.2, -0.15) is 0 Å². The van der Waals surface area contributed by atoms with Crippen LogP contribution in [0.1, 0.15) is 18.1 Å². The van der Waals surface area contributed by atoms with Gasteiger partial charge in [-0.05, 0) is 42.8 Å². The molecule has 2 aromatic rings. The summed E-state index contributed by atoms with van der Waals surface area (Å²) in [5, 5.41) is 3.34. The third-order valence-corrected chi connectivity index (χ3v) is 3.61. The van der Waals surface area contributed by atoms with Gasteiger partial charge in [0.25, 0.3) is 0 Å². The Balaban J connectivity index is 2.10. The molecule has 0 fully saturated rings. The van der Waals surface area contributed by atoms with Gasteiger partial charge < -0.3 is 10.2 Å². The summed E-state index contributed by atoms with van der Waals surface area (Å²) in [6.07, 6.45) is 0.995. The van der Waals surface area contributed by atoms with Crippen molar-refractivity contribution in [1.82, 2.24) is 5.32 Å². The predicted molar refractivity (Wildman–Crippen MR) is 87.2 cm³/mol. The molecule has 0 radical (unpaired) electrons. The molecule has 0 aliphatic heterocycles. The maximum Gasteiger partial charge on any atom is 0.146 e. The third kappa shape index (κ3) is 4.30. The lowest BCUT2D eigenvalue weighted by atomic mass is 10.0. The summed E-state index contributed by atoms with van der Waals surface area (Å²) < 4.78 is 13.8. The molecule has 2 aromatic carbocycles. The van der Waals surface area contributed by atoms with E-state index in [1.807, 2.05) is 30.1 Å². The van der Waals surface area contributed by atoms with Crippen LogP contribution in [-0.2, 0) is 13.0 Å². The van der Waals surface area contributed by atoms with Gasteiger partial charge in [0, 0.05) is 13.6 Å². The molecule has 0 saturated heterocycles. The molecule has 3 heteroatoms. The minimum absolute atomic E-state index is 0.176. The molecule has 0 heterocycles. The summed E-state index contributed by atoms with van der Waals surface area (Å²) in [6.45, 7) is 4.77. The SMILES string of the molecule is CCNCCc1ccccc1CN(C)c1ccccc1F. The minimum atomic E-state index is -0.176. The van der Waals surface area contributed by atoms with E-state index < -0.39 is 0 Å². The van der Waals surface area contributed by atoms with E-state index in [2.05, 4.69) is 30.4 Å². The van der Waals surface area contributed by atoms with Crippen LogP contribution in [-0.4, -0.2) is 20.1 Å². The Hall–Kier alpha value is -1.87. The molecule has 0 unspecified atom stereocenters. The summed E-state index contributed by atoms with van der Waals surface area (Å²) in [7, 11) is 1.93. The maximum atomic E-state index is 13.8. The summed E-state index contributed by atoms with van der Waals surface area (Å²) in [6, 6.07) is 15.3. The molecule has 0 atom stereocenters. The number of para-hydroxylation sites is 1. The molecule has 2 nitrogen and oxygen atoms in total.